The monoisotopic (exact) mass is 254 g/mol. The predicted molar refractivity (Wildman–Crippen MR) is 71.2 cm³/mol. The van der Waals surface area contributed by atoms with E-state index < -0.39 is 0 Å². The Balaban J connectivity index is 2.18. The molecule has 0 spiro atoms. The number of benzene rings is 2. The lowest BCUT2D eigenvalue weighted by molar-refractivity contribution is 0.628. The lowest BCUT2D eigenvalue weighted by atomic mass is 10.1. The Morgan fingerprint density at radius 1 is 1.05 bits per heavy atom. The molecule has 0 atom stereocenters. The van der Waals surface area contributed by atoms with Crippen LogP contribution >= 0.6 is 0 Å². The standard InChI is InChI=1S/C14H11FN4/c15-10-6-7-13(16)12(8-10)14-18-17-9-19(14)11-4-2-1-3-5-11/h1-9H,16H2. The summed E-state index contributed by atoms with van der Waals surface area (Å²) in [5.41, 5.74) is 7.77. The third kappa shape index (κ3) is 2.06. The second kappa shape index (κ2) is 4.53. The fourth-order valence-corrected chi connectivity index (χ4v) is 1.92. The van der Waals surface area contributed by atoms with Gasteiger partial charge in [-0.25, -0.2) is 4.39 Å². The van der Waals surface area contributed by atoms with Crippen LogP contribution in [-0.2, 0) is 0 Å². The lowest BCUT2D eigenvalue weighted by Crippen LogP contribution is -1.99. The molecule has 0 amide bonds. The number of anilines is 1. The third-order valence-corrected chi connectivity index (χ3v) is 2.84. The molecule has 0 saturated heterocycles. The molecule has 0 saturated carbocycles. The van der Waals surface area contributed by atoms with Gasteiger partial charge < -0.3 is 5.73 Å². The van der Waals surface area contributed by atoms with Crippen molar-refractivity contribution in [3.8, 4) is 17.1 Å². The summed E-state index contributed by atoms with van der Waals surface area (Å²) in [5.74, 6) is 0.162. The number of para-hydroxylation sites is 1. The van der Waals surface area contributed by atoms with Crippen LogP contribution in [0.1, 0.15) is 0 Å². The van der Waals surface area contributed by atoms with Crippen molar-refractivity contribution >= 4 is 5.69 Å². The molecule has 1 aromatic heterocycles. The molecule has 2 N–H and O–H groups in total. The Kier molecular flexibility index (Phi) is 2.72. The van der Waals surface area contributed by atoms with Gasteiger partial charge >= 0.3 is 0 Å². The van der Waals surface area contributed by atoms with Crippen molar-refractivity contribution in [2.75, 3.05) is 5.73 Å². The molecule has 0 aliphatic rings. The molecule has 19 heavy (non-hydrogen) atoms. The van der Waals surface area contributed by atoms with Crippen LogP contribution in [0.5, 0.6) is 0 Å². The smallest absolute Gasteiger partial charge is 0.170 e. The minimum atomic E-state index is -0.355. The third-order valence-electron chi connectivity index (χ3n) is 2.84. The Hall–Kier alpha value is -2.69. The molecule has 3 aromatic rings. The van der Waals surface area contributed by atoms with Gasteiger partial charge in [-0.05, 0) is 30.3 Å². The number of hydrogen-bond donors (Lipinski definition) is 1. The topological polar surface area (TPSA) is 56.7 Å². The Morgan fingerprint density at radius 3 is 2.63 bits per heavy atom. The van der Waals surface area contributed by atoms with E-state index in [4.69, 9.17) is 5.73 Å². The summed E-state index contributed by atoms with van der Waals surface area (Å²) in [5, 5.41) is 7.91. The van der Waals surface area contributed by atoms with E-state index >= 15 is 0 Å². The van der Waals surface area contributed by atoms with Crippen molar-refractivity contribution < 1.29 is 4.39 Å². The van der Waals surface area contributed by atoms with Crippen LogP contribution in [-0.4, -0.2) is 14.8 Å². The minimum absolute atomic E-state index is 0.355. The molecule has 0 aliphatic heterocycles. The van der Waals surface area contributed by atoms with E-state index in [9.17, 15) is 4.39 Å². The molecule has 0 fully saturated rings. The second-order valence-electron chi connectivity index (χ2n) is 4.09. The van der Waals surface area contributed by atoms with Crippen molar-refractivity contribution in [2.24, 2.45) is 0 Å². The van der Waals surface area contributed by atoms with Crippen LogP contribution in [0, 0.1) is 5.82 Å². The molecular formula is C14H11FN4. The Bertz CT molecular complexity index is 706. The molecular weight excluding hydrogens is 243 g/mol. The van der Waals surface area contributed by atoms with Crippen LogP contribution < -0.4 is 5.73 Å². The van der Waals surface area contributed by atoms with Crippen molar-refractivity contribution in [1.29, 1.82) is 0 Å². The molecule has 1 heterocycles. The molecule has 2 aromatic carbocycles. The molecule has 0 unspecified atom stereocenters. The quantitative estimate of drug-likeness (QED) is 0.715. The van der Waals surface area contributed by atoms with Crippen molar-refractivity contribution in [3.63, 3.8) is 0 Å². The summed E-state index contributed by atoms with van der Waals surface area (Å²) in [7, 11) is 0. The van der Waals surface area contributed by atoms with Gasteiger partial charge in [0.05, 0.1) is 0 Å². The van der Waals surface area contributed by atoms with E-state index in [2.05, 4.69) is 10.2 Å². The molecule has 0 bridgehead atoms. The highest BCUT2D eigenvalue weighted by atomic mass is 19.1. The van der Waals surface area contributed by atoms with Crippen molar-refractivity contribution in [2.45, 2.75) is 0 Å². The van der Waals surface area contributed by atoms with E-state index in [-0.39, 0.29) is 5.82 Å². The van der Waals surface area contributed by atoms with E-state index in [1.165, 1.54) is 18.2 Å². The molecule has 0 aliphatic carbocycles. The van der Waals surface area contributed by atoms with Crippen molar-refractivity contribution in [3.05, 3.63) is 60.7 Å². The zero-order valence-electron chi connectivity index (χ0n) is 9.99. The molecule has 5 heteroatoms. The van der Waals surface area contributed by atoms with Gasteiger partial charge in [0, 0.05) is 16.9 Å². The number of nitrogens with two attached hydrogens (primary N) is 1. The molecule has 0 radical (unpaired) electrons. The fraction of sp³-hybridized carbons (Fsp3) is 0. The number of halogens is 1. The van der Waals surface area contributed by atoms with Gasteiger partial charge in [0.15, 0.2) is 5.82 Å². The van der Waals surface area contributed by atoms with Crippen LogP contribution in [0.2, 0.25) is 0 Å². The highest BCUT2D eigenvalue weighted by Crippen LogP contribution is 2.26. The summed E-state index contributed by atoms with van der Waals surface area (Å²) in [6.45, 7) is 0. The van der Waals surface area contributed by atoms with E-state index in [1.807, 2.05) is 30.3 Å². The first-order valence-electron chi connectivity index (χ1n) is 5.76. The van der Waals surface area contributed by atoms with Gasteiger partial charge in [-0.15, -0.1) is 10.2 Å². The first kappa shape index (κ1) is 11.4. The Labute approximate surface area is 109 Å². The second-order valence-corrected chi connectivity index (χ2v) is 4.09. The summed E-state index contributed by atoms with van der Waals surface area (Å²) >= 11 is 0. The maximum absolute atomic E-state index is 13.4. The van der Waals surface area contributed by atoms with E-state index in [0.29, 0.717) is 17.1 Å². The maximum atomic E-state index is 13.4. The normalized spacial score (nSPS) is 10.6. The highest BCUT2D eigenvalue weighted by Gasteiger charge is 2.12. The Morgan fingerprint density at radius 2 is 1.84 bits per heavy atom. The van der Waals surface area contributed by atoms with Gasteiger partial charge in [-0.1, -0.05) is 18.2 Å². The van der Waals surface area contributed by atoms with Gasteiger partial charge in [-0.3, -0.25) is 4.57 Å². The predicted octanol–water partition coefficient (Wildman–Crippen LogP) is 2.66. The minimum Gasteiger partial charge on any atom is -0.398 e. The maximum Gasteiger partial charge on any atom is 0.170 e. The SMILES string of the molecule is Nc1ccc(F)cc1-c1nncn1-c1ccccc1. The molecule has 4 nitrogen and oxygen atoms in total. The van der Waals surface area contributed by atoms with Crippen molar-refractivity contribution in [1.82, 2.24) is 14.8 Å². The number of nitrogens with zero attached hydrogens (tertiary/aromatic N) is 3. The zero-order chi connectivity index (χ0) is 13.2. The van der Waals surface area contributed by atoms with Crippen LogP contribution in [0.15, 0.2) is 54.9 Å². The first-order valence-corrected chi connectivity index (χ1v) is 5.76. The summed E-state index contributed by atoms with van der Waals surface area (Å²) in [6.07, 6.45) is 1.58. The average Bonchev–Trinajstić information content (AvgIpc) is 2.91. The van der Waals surface area contributed by atoms with Crippen LogP contribution in [0.3, 0.4) is 0 Å². The van der Waals surface area contributed by atoms with Crippen LogP contribution in [0.4, 0.5) is 10.1 Å². The highest BCUT2D eigenvalue weighted by molar-refractivity contribution is 5.72. The lowest BCUT2D eigenvalue weighted by Gasteiger charge is -2.08. The summed E-state index contributed by atoms with van der Waals surface area (Å²) < 4.78 is 15.1. The largest absolute Gasteiger partial charge is 0.398 e. The van der Waals surface area contributed by atoms with Gasteiger partial charge in [0.25, 0.3) is 0 Å². The number of aromatic nitrogens is 3. The van der Waals surface area contributed by atoms with Gasteiger partial charge in [-0.2, -0.15) is 0 Å². The molecule has 94 valence electrons. The van der Waals surface area contributed by atoms with E-state index in [1.54, 1.807) is 10.9 Å². The van der Waals surface area contributed by atoms with Crippen LogP contribution in [0.25, 0.3) is 17.1 Å². The van der Waals surface area contributed by atoms with Gasteiger partial charge in [0.1, 0.15) is 12.1 Å². The summed E-state index contributed by atoms with van der Waals surface area (Å²) in [4.78, 5) is 0. The fourth-order valence-electron chi connectivity index (χ4n) is 1.92. The number of nitrogen functional groups attached to an aromatic ring is 1. The van der Waals surface area contributed by atoms with Gasteiger partial charge in [0.2, 0.25) is 0 Å². The number of rotatable bonds is 2. The number of hydrogen-bond acceptors (Lipinski definition) is 3. The molecule has 3 rings (SSSR count). The zero-order valence-corrected chi connectivity index (χ0v) is 9.99. The average molecular weight is 254 g/mol. The van der Waals surface area contributed by atoms with E-state index in [0.717, 1.165) is 5.69 Å². The first-order chi connectivity index (χ1) is 9.25. The summed E-state index contributed by atoms with van der Waals surface area (Å²) in [6, 6.07) is 13.8.